The van der Waals surface area contributed by atoms with E-state index in [2.05, 4.69) is 0 Å². The van der Waals surface area contributed by atoms with E-state index >= 15 is 0 Å². The topological polar surface area (TPSA) is 89.8 Å². The number of likely N-dealkylation sites (N-methyl/N-ethyl adjacent to an activating group) is 1. The van der Waals surface area contributed by atoms with E-state index in [1.807, 2.05) is 34.9 Å². The van der Waals surface area contributed by atoms with Gasteiger partial charge in [-0.15, -0.1) is 10.9 Å². The van der Waals surface area contributed by atoms with Crippen LogP contribution in [-0.4, -0.2) is 63.7 Å². The van der Waals surface area contributed by atoms with E-state index < -0.39 is 16.3 Å². The zero-order chi connectivity index (χ0) is 16.7. The number of ether oxygens (including phenoxy) is 1. The van der Waals surface area contributed by atoms with Crippen LogP contribution in [0.5, 0.6) is 0 Å². The molecule has 0 heterocycles. The minimum atomic E-state index is -3.62. The van der Waals surface area contributed by atoms with Gasteiger partial charge in [-0.3, -0.25) is 4.79 Å². The fourth-order valence-corrected chi connectivity index (χ4v) is 2.25. The largest absolute Gasteiger partial charge is 0.773 e. The molecule has 0 aromatic carbocycles. The monoisotopic (exact) mass is 325 g/mol. The number of unbranched alkanes of at least 4 members (excludes halogenated alkanes) is 1. The fraction of sp³-hybridized carbons (Fsp3) is 0.929. The number of hydrogen-bond donors (Lipinski definition) is 2. The van der Waals surface area contributed by atoms with Crippen LogP contribution in [0.25, 0.3) is 0 Å². The Labute approximate surface area is 130 Å². The molecule has 0 fully saturated rings. The quantitative estimate of drug-likeness (QED) is 0.366. The minimum absolute atomic E-state index is 0.0906. The third kappa shape index (κ3) is 10.1. The zero-order valence-corrected chi connectivity index (χ0v) is 14.7. The summed E-state index contributed by atoms with van der Waals surface area (Å²) in [6.45, 7) is 7.56. The van der Waals surface area contributed by atoms with Crippen LogP contribution >= 0.6 is 10.9 Å². The van der Waals surface area contributed by atoms with Gasteiger partial charge in [-0.1, -0.05) is 6.92 Å². The van der Waals surface area contributed by atoms with Crippen LogP contribution < -0.4 is 0 Å². The van der Waals surface area contributed by atoms with Crippen LogP contribution in [-0.2, 0) is 9.53 Å². The van der Waals surface area contributed by atoms with Crippen LogP contribution in [0.15, 0.2) is 0 Å². The minimum Gasteiger partial charge on any atom is -0.773 e. The van der Waals surface area contributed by atoms with Gasteiger partial charge >= 0.3 is 5.97 Å². The van der Waals surface area contributed by atoms with E-state index in [4.69, 9.17) is 13.8 Å². The maximum atomic E-state index is 11.8. The third-order valence-corrected chi connectivity index (χ3v) is 4.61. The molecular weight excluding hydrogens is 294 g/mol. The normalized spacial score (nSPS) is 14.1. The van der Waals surface area contributed by atoms with Crippen molar-refractivity contribution < 1.29 is 27.7 Å². The summed E-state index contributed by atoms with van der Waals surface area (Å²) < 4.78 is 34.2. The Balaban J connectivity index is 3.95. The Kier molecular flexibility index (Phi) is 8.20. The Morgan fingerprint density at radius 1 is 1.24 bits per heavy atom. The predicted octanol–water partition coefficient (Wildman–Crippen LogP) is 2.70. The van der Waals surface area contributed by atoms with Crippen LogP contribution in [0, 0.1) is 5.41 Å². The van der Waals surface area contributed by atoms with Crippen LogP contribution in [0.3, 0.4) is 0 Å². The Morgan fingerprint density at radius 3 is 2.29 bits per heavy atom. The maximum absolute atomic E-state index is 11.8. The molecule has 0 aromatic heterocycles. The second kappa shape index (κ2) is 8.33. The summed E-state index contributed by atoms with van der Waals surface area (Å²) in [7, 11) is 0.428. The maximum Gasteiger partial charge on any atom is 0.311 e. The number of nitrogens with zero attached hydrogens (tertiary/aromatic N) is 1. The van der Waals surface area contributed by atoms with Gasteiger partial charge in [0, 0.05) is 5.75 Å². The van der Waals surface area contributed by atoms with Crippen molar-refractivity contribution in [2.24, 2.45) is 5.41 Å². The van der Waals surface area contributed by atoms with Crippen LogP contribution in [0.1, 0.15) is 40.0 Å². The molecule has 0 amide bonds. The standard InChI is InChI=1S/C14H31NO5S/c1-6-14(2,3)13(16)20-11-10-15(4,5)9-7-8-12-21(17,18)19/h6-12H2,1-5H3,(H2-,17,18,19). The summed E-state index contributed by atoms with van der Waals surface area (Å²) >= 11 is 0. The van der Waals surface area contributed by atoms with Gasteiger partial charge in [0.25, 0.3) is 0 Å². The summed E-state index contributed by atoms with van der Waals surface area (Å²) in [4.78, 5) is 11.8. The number of rotatable bonds is 10. The van der Waals surface area contributed by atoms with E-state index in [0.717, 1.165) is 19.4 Å². The van der Waals surface area contributed by atoms with E-state index in [-0.39, 0.29) is 11.7 Å². The van der Waals surface area contributed by atoms with Crippen molar-refractivity contribution in [1.29, 1.82) is 0 Å². The Bertz CT molecular complexity index is 326. The van der Waals surface area contributed by atoms with E-state index in [1.54, 1.807) is 0 Å². The number of esters is 1. The molecule has 0 saturated carbocycles. The molecule has 0 aromatic rings. The first kappa shape index (κ1) is 20.7. The molecular formula is C14H31NO5S. The van der Waals surface area contributed by atoms with Gasteiger partial charge in [0.2, 0.25) is 0 Å². The Morgan fingerprint density at radius 2 is 1.81 bits per heavy atom. The average molecular weight is 325 g/mol. The number of hydrogen-bond acceptors (Lipinski definition) is 5. The summed E-state index contributed by atoms with van der Waals surface area (Å²) in [6, 6.07) is 0. The van der Waals surface area contributed by atoms with Crippen molar-refractivity contribution in [2.75, 3.05) is 39.5 Å². The molecule has 0 atom stereocenters. The molecule has 0 radical (unpaired) electrons. The lowest BCUT2D eigenvalue weighted by atomic mass is 9.91. The molecule has 0 aliphatic heterocycles. The highest BCUT2D eigenvalue weighted by Crippen LogP contribution is 2.33. The van der Waals surface area contributed by atoms with Gasteiger partial charge in [0.05, 0.1) is 26.1 Å². The number of carbonyl (C=O) groups excluding carboxylic acids is 1. The van der Waals surface area contributed by atoms with Gasteiger partial charge in [0.1, 0.15) is 13.2 Å². The first-order chi connectivity index (χ1) is 9.40. The Hall–Kier alpha value is -0.340. The summed E-state index contributed by atoms with van der Waals surface area (Å²) in [5, 5.41) is 0. The van der Waals surface area contributed by atoms with E-state index in [1.165, 1.54) is 0 Å². The van der Waals surface area contributed by atoms with Crippen molar-refractivity contribution in [3.8, 4) is 0 Å². The molecule has 0 unspecified atom stereocenters. The first-order valence-corrected chi connectivity index (χ1v) is 9.00. The smallest absolute Gasteiger partial charge is 0.311 e. The zero-order valence-electron chi connectivity index (χ0n) is 13.9. The van der Waals surface area contributed by atoms with Gasteiger partial charge in [-0.25, -0.2) is 0 Å². The fourth-order valence-electron chi connectivity index (χ4n) is 1.67. The molecule has 0 rings (SSSR count). The van der Waals surface area contributed by atoms with Crippen molar-refractivity contribution in [3.05, 3.63) is 0 Å². The lowest BCUT2D eigenvalue weighted by Crippen LogP contribution is -2.44. The van der Waals surface area contributed by atoms with Crippen molar-refractivity contribution in [1.82, 2.24) is 0 Å². The van der Waals surface area contributed by atoms with E-state index in [0.29, 0.717) is 24.1 Å². The molecule has 0 spiro atoms. The molecule has 2 N–H and O–H groups in total. The third-order valence-electron chi connectivity index (χ3n) is 3.79. The highest BCUT2D eigenvalue weighted by Gasteiger charge is 2.27. The highest BCUT2D eigenvalue weighted by atomic mass is 32.3. The molecule has 0 saturated heterocycles. The van der Waals surface area contributed by atoms with Gasteiger partial charge in [-0.2, -0.15) is 0 Å². The predicted molar refractivity (Wildman–Crippen MR) is 84.6 cm³/mol. The molecule has 6 nitrogen and oxygen atoms in total. The molecule has 128 valence electrons. The highest BCUT2D eigenvalue weighted by molar-refractivity contribution is 8.19. The van der Waals surface area contributed by atoms with Gasteiger partial charge in [0.15, 0.2) is 0 Å². The average Bonchev–Trinajstić information content (AvgIpc) is 2.33. The lowest BCUT2D eigenvalue weighted by molar-refractivity contribution is -0.890. The van der Waals surface area contributed by atoms with Crippen molar-refractivity contribution in [2.45, 2.75) is 40.0 Å². The molecule has 7 heteroatoms. The van der Waals surface area contributed by atoms with E-state index in [9.17, 15) is 9.35 Å². The van der Waals surface area contributed by atoms with Gasteiger partial charge < -0.3 is 22.9 Å². The van der Waals surface area contributed by atoms with Crippen LogP contribution in [0.4, 0.5) is 0 Å². The molecule has 21 heavy (non-hydrogen) atoms. The SMILES string of the molecule is CCC(C)(C)C(=O)OCC[N+](C)(C)CCCCS([O-])(O)O. The summed E-state index contributed by atoms with van der Waals surface area (Å²) in [6.07, 6.45) is 1.97. The first-order valence-electron chi connectivity index (χ1n) is 7.35. The molecule has 0 bridgehead atoms. The molecule has 0 aliphatic rings. The summed E-state index contributed by atoms with van der Waals surface area (Å²) in [5.74, 6) is -0.266. The van der Waals surface area contributed by atoms with Gasteiger partial charge in [-0.05, 0) is 33.1 Å². The lowest BCUT2D eigenvalue weighted by Gasteiger charge is -2.34. The second-order valence-electron chi connectivity index (χ2n) is 6.77. The van der Waals surface area contributed by atoms with Crippen molar-refractivity contribution in [3.63, 3.8) is 0 Å². The number of carbonyl (C=O) groups is 1. The van der Waals surface area contributed by atoms with Crippen LogP contribution in [0.2, 0.25) is 0 Å². The summed E-state index contributed by atoms with van der Waals surface area (Å²) in [5.41, 5.74) is -0.445. The molecule has 0 aliphatic carbocycles. The second-order valence-corrected chi connectivity index (χ2v) is 8.40. The van der Waals surface area contributed by atoms with Crippen molar-refractivity contribution >= 4 is 16.8 Å². The number of quaternary nitrogens is 1.